The van der Waals surface area contributed by atoms with Crippen LogP contribution in [0, 0.1) is 73.9 Å². The topological polar surface area (TPSA) is 58.6 Å². The molecule has 0 saturated heterocycles. The third-order valence-electron chi connectivity index (χ3n) is 20.4. The normalized spacial score (nSPS) is 41.9. The van der Waals surface area contributed by atoms with E-state index in [4.69, 9.17) is 4.74 Å². The van der Waals surface area contributed by atoms with Crippen LogP contribution in [-0.2, 0) is 16.1 Å². The highest BCUT2D eigenvalue weighted by Gasteiger charge is 2.70. The summed E-state index contributed by atoms with van der Waals surface area (Å²) in [5.74, 6) is 4.59. The number of aliphatic hydroxyl groups is 1. The summed E-state index contributed by atoms with van der Waals surface area (Å²) in [6.07, 6.45) is 25.6. The van der Waals surface area contributed by atoms with Crippen LogP contribution in [0.5, 0.6) is 0 Å². The molecular weight excluding hydrogens is 711 g/mol. The molecule has 0 aromatic heterocycles. The maximum atomic E-state index is 13.4. The van der Waals surface area contributed by atoms with Crippen LogP contribution in [0.3, 0.4) is 0 Å². The van der Waals surface area contributed by atoms with E-state index in [0.29, 0.717) is 51.9 Å². The van der Waals surface area contributed by atoms with Gasteiger partial charge in [-0.3, -0.25) is 4.79 Å². The predicted octanol–water partition coefficient (Wildman–Crippen LogP) is 12.6. The molecule has 9 rings (SSSR count). The van der Waals surface area contributed by atoms with Crippen LogP contribution in [-0.4, -0.2) is 29.8 Å². The number of esters is 1. The Bertz CT molecular complexity index is 1810. The third-order valence-corrected chi connectivity index (χ3v) is 20.4. The number of nitrogens with one attached hydrogen (secondary N) is 1. The van der Waals surface area contributed by atoms with Gasteiger partial charge in [-0.1, -0.05) is 89.3 Å². The molecule has 6 fully saturated rings. The summed E-state index contributed by atoms with van der Waals surface area (Å²) < 4.78 is 5.88. The number of hydrogen-bond acceptors (Lipinski definition) is 4. The first-order valence-corrected chi connectivity index (χ1v) is 24.2. The molecule has 0 radical (unpaired) electrons. The maximum Gasteiger partial charge on any atom is 0.312 e. The second kappa shape index (κ2) is 14.5. The van der Waals surface area contributed by atoms with Gasteiger partial charge in [0.05, 0.1) is 11.0 Å². The van der Waals surface area contributed by atoms with Crippen LogP contribution in [0.2, 0.25) is 0 Å². The Hall–Kier alpha value is -2.17. The lowest BCUT2D eigenvalue weighted by Gasteiger charge is -2.72. The van der Waals surface area contributed by atoms with E-state index in [1.807, 2.05) is 30.3 Å². The van der Waals surface area contributed by atoms with Gasteiger partial charge >= 0.3 is 5.97 Å². The Labute approximate surface area is 352 Å². The fourth-order valence-corrected chi connectivity index (χ4v) is 16.6. The second-order valence-corrected chi connectivity index (χ2v) is 23.6. The molecule has 318 valence electrons. The molecule has 6 saturated carbocycles. The van der Waals surface area contributed by atoms with Crippen LogP contribution in [0.4, 0.5) is 0 Å². The quantitative estimate of drug-likeness (QED) is 0.126. The minimum atomic E-state index is -0.458. The van der Waals surface area contributed by atoms with Gasteiger partial charge in [0.2, 0.25) is 0 Å². The van der Waals surface area contributed by atoms with E-state index in [0.717, 1.165) is 62.1 Å². The molecule has 1 aromatic carbocycles. The molecular formula is C54H79NO3. The average molecular weight is 790 g/mol. The van der Waals surface area contributed by atoms with E-state index < -0.39 is 11.0 Å². The number of carbonyl (C=O) groups is 1. The van der Waals surface area contributed by atoms with E-state index in [9.17, 15) is 9.90 Å². The number of rotatable bonds is 12. The monoisotopic (exact) mass is 790 g/mol. The smallest absolute Gasteiger partial charge is 0.312 e. The van der Waals surface area contributed by atoms with Crippen LogP contribution in [0.1, 0.15) is 163 Å². The van der Waals surface area contributed by atoms with Crippen molar-refractivity contribution in [1.82, 2.24) is 5.32 Å². The molecule has 58 heavy (non-hydrogen) atoms. The summed E-state index contributed by atoms with van der Waals surface area (Å²) in [4.78, 5) is 13.4. The van der Waals surface area contributed by atoms with Crippen molar-refractivity contribution in [3.8, 4) is 0 Å². The first kappa shape index (κ1) is 41.2. The van der Waals surface area contributed by atoms with Gasteiger partial charge in [-0.15, -0.1) is 0 Å². The van der Waals surface area contributed by atoms with Crippen LogP contribution < -0.4 is 5.32 Å². The van der Waals surface area contributed by atoms with Gasteiger partial charge in [-0.2, -0.15) is 0 Å². The van der Waals surface area contributed by atoms with E-state index in [-0.39, 0.29) is 11.4 Å². The van der Waals surface area contributed by atoms with Gasteiger partial charge in [0.25, 0.3) is 0 Å². The standard InChI is InChI=1S/C54H79NO3/c1-36(2)41-22-29-53(35-55-33-32-54(57,39-14-15-39)40-16-17-40)31-30-51(7)43(46(41)53)18-19-45-50(6)27-23-42(48(3,4)44(50)24-28-52(45,51)8)38-20-25-49(5,26-21-38)47(56)58-34-37-12-10-9-11-13-37/h9-13,20,23,39-41,43-46,55,57H,1,14-19,21-22,24-35H2,2-8H3/t41-,43+,44-,45+,46+,49-,50-,51+,52+,53?/m0/s1. The molecule has 2 N–H and O–H groups in total. The van der Waals surface area contributed by atoms with Crippen molar-refractivity contribution in [1.29, 1.82) is 0 Å². The molecule has 0 amide bonds. The summed E-state index contributed by atoms with van der Waals surface area (Å²) in [7, 11) is 0. The van der Waals surface area contributed by atoms with Crippen molar-refractivity contribution >= 4 is 5.97 Å². The van der Waals surface area contributed by atoms with Crippen molar-refractivity contribution in [2.75, 3.05) is 13.1 Å². The highest BCUT2D eigenvalue weighted by Crippen LogP contribution is 2.77. The number of benzene rings is 1. The lowest BCUT2D eigenvalue weighted by Crippen LogP contribution is -2.66. The molecule has 1 unspecified atom stereocenters. The fraction of sp³-hybridized carbons (Fsp3) is 0.759. The molecule has 4 heteroatoms. The van der Waals surface area contributed by atoms with Gasteiger partial charge in [0.1, 0.15) is 6.61 Å². The highest BCUT2D eigenvalue weighted by molar-refractivity contribution is 5.77. The van der Waals surface area contributed by atoms with Gasteiger partial charge in [-0.05, 0) is 215 Å². The molecule has 8 aliphatic carbocycles. The molecule has 4 nitrogen and oxygen atoms in total. The van der Waals surface area contributed by atoms with Crippen molar-refractivity contribution in [3.63, 3.8) is 0 Å². The van der Waals surface area contributed by atoms with E-state index in [1.165, 1.54) is 94.6 Å². The van der Waals surface area contributed by atoms with Gasteiger partial charge in [-0.25, -0.2) is 0 Å². The molecule has 1 aromatic rings. The summed E-state index contributed by atoms with van der Waals surface area (Å²) in [5, 5.41) is 15.7. The number of hydrogen-bond donors (Lipinski definition) is 2. The fourth-order valence-electron chi connectivity index (χ4n) is 16.6. The summed E-state index contributed by atoms with van der Waals surface area (Å²) in [5.41, 5.74) is 6.14. The van der Waals surface area contributed by atoms with E-state index >= 15 is 0 Å². The van der Waals surface area contributed by atoms with Crippen molar-refractivity contribution in [2.45, 2.75) is 170 Å². The van der Waals surface area contributed by atoms with Gasteiger partial charge < -0.3 is 15.2 Å². The largest absolute Gasteiger partial charge is 0.460 e. The highest BCUT2D eigenvalue weighted by atomic mass is 16.5. The minimum absolute atomic E-state index is 0.0549. The van der Waals surface area contributed by atoms with E-state index in [1.54, 1.807) is 5.57 Å². The molecule has 0 bridgehead atoms. The first-order chi connectivity index (χ1) is 27.5. The SMILES string of the molecule is C=C(C)[C@@H]1CCC2(CNCCC(O)(C3CC3)C3CC3)CC[C@]3(C)[C@H](CC[C@@H]4[C@@]5(C)CC=C(C6=CC[C@](C)(C(=O)OCc7ccccc7)CC6)C(C)(C)[C@@H]5CC[C@]43C)[C@@H]12. The predicted molar refractivity (Wildman–Crippen MR) is 237 cm³/mol. The summed E-state index contributed by atoms with van der Waals surface area (Å²) in [6, 6.07) is 10.1. The summed E-state index contributed by atoms with van der Waals surface area (Å²) in [6.45, 7) is 25.0. The lowest BCUT2D eigenvalue weighted by molar-refractivity contribution is -0.226. The Kier molecular flexibility index (Phi) is 10.3. The average Bonchev–Trinajstić information content (AvgIpc) is 4.14. The number of fused-ring (bicyclic) bond motifs is 7. The first-order valence-electron chi connectivity index (χ1n) is 24.2. The Morgan fingerprint density at radius 1 is 0.828 bits per heavy atom. The van der Waals surface area contributed by atoms with Crippen LogP contribution in [0.15, 0.2) is 65.8 Å². The number of allylic oxidation sites excluding steroid dienone is 5. The zero-order chi connectivity index (χ0) is 40.9. The molecule has 0 heterocycles. The lowest BCUT2D eigenvalue weighted by atomic mass is 9.32. The third kappa shape index (κ3) is 6.43. The molecule has 0 spiro atoms. The molecule has 10 atom stereocenters. The van der Waals surface area contributed by atoms with Gasteiger partial charge in [0, 0.05) is 6.54 Å². The van der Waals surface area contributed by atoms with Crippen molar-refractivity contribution < 1.29 is 14.6 Å². The Morgan fingerprint density at radius 2 is 1.55 bits per heavy atom. The van der Waals surface area contributed by atoms with Crippen LogP contribution >= 0.6 is 0 Å². The van der Waals surface area contributed by atoms with Crippen molar-refractivity contribution in [2.24, 2.45) is 73.9 Å². The zero-order valence-corrected chi connectivity index (χ0v) is 37.7. The van der Waals surface area contributed by atoms with Crippen molar-refractivity contribution in [3.05, 3.63) is 71.3 Å². The maximum absolute atomic E-state index is 13.4. The number of ether oxygens (including phenoxy) is 1. The van der Waals surface area contributed by atoms with Gasteiger partial charge in [0.15, 0.2) is 0 Å². The van der Waals surface area contributed by atoms with Crippen LogP contribution in [0.25, 0.3) is 0 Å². The summed E-state index contributed by atoms with van der Waals surface area (Å²) >= 11 is 0. The zero-order valence-electron chi connectivity index (χ0n) is 37.7. The molecule has 8 aliphatic rings. The van der Waals surface area contributed by atoms with E-state index in [2.05, 4.69) is 72.5 Å². The number of carbonyl (C=O) groups excluding carboxylic acids is 1. The Morgan fingerprint density at radius 3 is 2.21 bits per heavy atom. The minimum Gasteiger partial charge on any atom is -0.460 e. The molecule has 0 aliphatic heterocycles. The second-order valence-electron chi connectivity index (χ2n) is 23.6. The Balaban J connectivity index is 0.912.